The van der Waals surface area contributed by atoms with Gasteiger partial charge < -0.3 is 14.5 Å². The lowest BCUT2D eigenvalue weighted by atomic mass is 9.95. The number of piperidine rings is 1. The number of nitrogens with zero attached hydrogens (tertiary/aromatic N) is 2. The van der Waals surface area contributed by atoms with E-state index >= 15 is 0 Å². The van der Waals surface area contributed by atoms with Crippen LogP contribution in [0.1, 0.15) is 24.0 Å². The third kappa shape index (κ3) is 5.63. The number of likely N-dealkylation sites (tertiary alicyclic amines) is 1. The molecule has 0 aromatic heterocycles. The Kier molecular flexibility index (Phi) is 7.52. The molecule has 0 spiro atoms. The molecule has 0 radical (unpaired) electrons. The first kappa shape index (κ1) is 21.9. The van der Waals surface area contributed by atoms with Gasteiger partial charge in [0.1, 0.15) is 5.75 Å². The molecule has 1 fully saturated rings. The largest absolute Gasteiger partial charge is 0.496 e. The highest BCUT2D eigenvalue weighted by molar-refractivity contribution is 6.30. The fraction of sp³-hybridized carbons (Fsp3) is 0.333. The highest BCUT2D eigenvalue weighted by Gasteiger charge is 2.28. The van der Waals surface area contributed by atoms with Crippen LogP contribution in [0.2, 0.25) is 5.02 Å². The monoisotopic (exact) mass is 426 g/mol. The van der Waals surface area contributed by atoms with E-state index in [9.17, 15) is 9.59 Å². The van der Waals surface area contributed by atoms with Gasteiger partial charge in [0.25, 0.3) is 0 Å². The van der Waals surface area contributed by atoms with Gasteiger partial charge in [-0.25, -0.2) is 0 Å². The minimum atomic E-state index is -0.0812. The Morgan fingerprint density at radius 2 is 1.87 bits per heavy atom. The summed E-state index contributed by atoms with van der Waals surface area (Å²) < 4.78 is 5.37. The maximum absolute atomic E-state index is 12.9. The van der Waals surface area contributed by atoms with E-state index < -0.39 is 0 Å². The van der Waals surface area contributed by atoms with Gasteiger partial charge in [0, 0.05) is 49.3 Å². The highest BCUT2D eigenvalue weighted by Crippen LogP contribution is 2.26. The molecule has 0 bridgehead atoms. The molecule has 6 heteroatoms. The van der Waals surface area contributed by atoms with Crippen LogP contribution in [-0.2, 0) is 16.1 Å². The quantitative estimate of drug-likeness (QED) is 0.648. The molecule has 1 aliphatic rings. The minimum Gasteiger partial charge on any atom is -0.496 e. The summed E-state index contributed by atoms with van der Waals surface area (Å²) in [5, 5.41) is 0.613. The normalized spacial score (nSPS) is 14.7. The van der Waals surface area contributed by atoms with Gasteiger partial charge in [0.15, 0.2) is 0 Å². The van der Waals surface area contributed by atoms with Crippen LogP contribution < -0.4 is 4.74 Å². The fourth-order valence-corrected chi connectivity index (χ4v) is 3.89. The Bertz CT molecular complexity index is 906. The van der Waals surface area contributed by atoms with Gasteiger partial charge >= 0.3 is 0 Å². The van der Waals surface area contributed by atoms with Crippen molar-refractivity contribution in [2.75, 3.05) is 27.2 Å². The lowest BCUT2D eigenvalue weighted by Gasteiger charge is -2.33. The Morgan fingerprint density at radius 3 is 2.53 bits per heavy atom. The van der Waals surface area contributed by atoms with Gasteiger partial charge in [-0.2, -0.15) is 0 Å². The van der Waals surface area contributed by atoms with Crippen LogP contribution in [0.5, 0.6) is 5.75 Å². The first-order valence-corrected chi connectivity index (χ1v) is 10.4. The predicted octanol–water partition coefficient (Wildman–Crippen LogP) is 4.26. The molecule has 0 saturated carbocycles. The summed E-state index contributed by atoms with van der Waals surface area (Å²) in [5.74, 6) is 0.706. The molecule has 2 aromatic carbocycles. The van der Waals surface area contributed by atoms with Crippen molar-refractivity contribution in [1.29, 1.82) is 0 Å². The Morgan fingerprint density at radius 1 is 1.17 bits per heavy atom. The van der Waals surface area contributed by atoms with Crippen LogP contribution in [0.15, 0.2) is 54.6 Å². The molecule has 30 heavy (non-hydrogen) atoms. The smallest absolute Gasteiger partial charge is 0.246 e. The average Bonchev–Trinajstić information content (AvgIpc) is 2.78. The first-order chi connectivity index (χ1) is 14.5. The number of halogens is 1. The maximum atomic E-state index is 12.9. The molecule has 158 valence electrons. The zero-order chi connectivity index (χ0) is 21.5. The van der Waals surface area contributed by atoms with E-state index in [0.29, 0.717) is 43.2 Å². The average molecular weight is 427 g/mol. The third-order valence-corrected chi connectivity index (χ3v) is 5.64. The highest BCUT2D eigenvalue weighted by atomic mass is 35.5. The van der Waals surface area contributed by atoms with E-state index in [1.54, 1.807) is 31.2 Å². The van der Waals surface area contributed by atoms with Crippen molar-refractivity contribution in [2.24, 2.45) is 5.92 Å². The SMILES string of the molecule is COc1ccc(Cl)cc1CN(C)C(=O)C1CCN(C(=O)/C=C/c2ccccc2)CC1. The molecule has 3 rings (SSSR count). The summed E-state index contributed by atoms with van der Waals surface area (Å²) in [4.78, 5) is 28.9. The summed E-state index contributed by atoms with van der Waals surface area (Å²) in [7, 11) is 3.40. The van der Waals surface area contributed by atoms with Crippen LogP contribution in [0.25, 0.3) is 6.08 Å². The zero-order valence-corrected chi connectivity index (χ0v) is 18.1. The van der Waals surface area contributed by atoms with E-state index in [1.165, 1.54) is 0 Å². The van der Waals surface area contributed by atoms with Crippen molar-refractivity contribution < 1.29 is 14.3 Å². The van der Waals surface area contributed by atoms with Crippen molar-refractivity contribution in [3.05, 3.63) is 70.8 Å². The molecule has 5 nitrogen and oxygen atoms in total. The molecule has 1 saturated heterocycles. The van der Waals surface area contributed by atoms with Gasteiger partial charge in [0.2, 0.25) is 11.8 Å². The maximum Gasteiger partial charge on any atom is 0.246 e. The zero-order valence-electron chi connectivity index (χ0n) is 17.4. The van der Waals surface area contributed by atoms with Gasteiger partial charge in [-0.15, -0.1) is 0 Å². The molecule has 0 atom stereocenters. The molecular weight excluding hydrogens is 400 g/mol. The van der Waals surface area contributed by atoms with Gasteiger partial charge in [-0.1, -0.05) is 41.9 Å². The summed E-state index contributed by atoms with van der Waals surface area (Å²) in [5.41, 5.74) is 1.87. The predicted molar refractivity (Wildman–Crippen MR) is 119 cm³/mol. The minimum absolute atomic E-state index is 0.0122. The standard InChI is InChI=1S/C24H27ClN2O3/c1-26(17-20-16-21(25)9-10-22(20)30-2)24(29)19-12-14-27(15-13-19)23(28)11-8-18-6-4-3-5-7-18/h3-11,16,19H,12-15,17H2,1-2H3/b11-8+. The lowest BCUT2D eigenvalue weighted by molar-refractivity contribution is -0.138. The summed E-state index contributed by atoms with van der Waals surface area (Å²) in [6.45, 7) is 1.60. The van der Waals surface area contributed by atoms with Crippen LogP contribution >= 0.6 is 11.6 Å². The van der Waals surface area contributed by atoms with Crippen molar-refractivity contribution in [3.8, 4) is 5.75 Å². The number of methoxy groups -OCH3 is 1. The third-order valence-electron chi connectivity index (χ3n) is 5.40. The van der Waals surface area contributed by atoms with Crippen molar-refractivity contribution in [1.82, 2.24) is 9.80 Å². The first-order valence-electron chi connectivity index (χ1n) is 10.1. The number of benzene rings is 2. The number of ether oxygens (including phenoxy) is 1. The topological polar surface area (TPSA) is 49.9 Å². The second-order valence-electron chi connectivity index (χ2n) is 7.49. The number of rotatable bonds is 6. The summed E-state index contributed by atoms with van der Waals surface area (Å²) in [6, 6.07) is 15.1. The Balaban J connectivity index is 1.53. The van der Waals surface area contributed by atoms with Crippen molar-refractivity contribution in [2.45, 2.75) is 19.4 Å². The molecule has 0 unspecified atom stereocenters. The lowest BCUT2D eigenvalue weighted by Crippen LogP contribution is -2.42. The van der Waals surface area contributed by atoms with Crippen molar-refractivity contribution >= 4 is 29.5 Å². The van der Waals surface area contributed by atoms with Crippen molar-refractivity contribution in [3.63, 3.8) is 0 Å². The van der Waals surface area contributed by atoms with Gasteiger partial charge in [0.05, 0.1) is 7.11 Å². The number of carbonyl (C=O) groups excluding carboxylic acids is 2. The summed E-state index contributed by atoms with van der Waals surface area (Å²) in [6.07, 6.45) is 4.77. The van der Waals surface area contributed by atoms with Gasteiger partial charge in [-0.3, -0.25) is 9.59 Å². The Labute approximate surface area is 182 Å². The molecule has 1 heterocycles. The van der Waals surface area contributed by atoms with E-state index in [1.807, 2.05) is 53.4 Å². The van der Waals surface area contributed by atoms with E-state index in [4.69, 9.17) is 16.3 Å². The molecule has 2 amide bonds. The van der Waals surface area contributed by atoms with Crippen LogP contribution in [0.3, 0.4) is 0 Å². The van der Waals surface area contributed by atoms with Crippen LogP contribution in [0.4, 0.5) is 0 Å². The van der Waals surface area contributed by atoms with Gasteiger partial charge in [-0.05, 0) is 42.7 Å². The number of carbonyl (C=O) groups is 2. The second-order valence-corrected chi connectivity index (χ2v) is 7.93. The summed E-state index contributed by atoms with van der Waals surface area (Å²) >= 11 is 6.09. The molecule has 0 N–H and O–H groups in total. The van der Waals surface area contributed by atoms with E-state index in [2.05, 4.69) is 0 Å². The van der Waals surface area contributed by atoms with E-state index in [-0.39, 0.29) is 17.7 Å². The number of hydrogen-bond acceptors (Lipinski definition) is 3. The van der Waals surface area contributed by atoms with Crippen LogP contribution in [-0.4, -0.2) is 48.9 Å². The number of amides is 2. The number of hydrogen-bond donors (Lipinski definition) is 0. The molecular formula is C24H27ClN2O3. The molecule has 2 aromatic rings. The Hall–Kier alpha value is -2.79. The molecule has 1 aliphatic heterocycles. The van der Waals surface area contributed by atoms with E-state index in [0.717, 1.165) is 11.1 Å². The van der Waals surface area contributed by atoms with Crippen LogP contribution in [0, 0.1) is 5.92 Å². The molecule has 0 aliphatic carbocycles. The second kappa shape index (κ2) is 10.3. The fourth-order valence-electron chi connectivity index (χ4n) is 3.70.